The standard InChI is InChI=1S/C22H19ClNO/c1-3-16-9-5-7-11-21(16)24-17-12-13-19(20(23)14-17)22(25)18-10-6-4-8-15(18)2/h4-14,24H,1,3H2,2H3. The van der Waals surface area contributed by atoms with Gasteiger partial charge in [0.15, 0.2) is 5.78 Å². The highest BCUT2D eigenvalue weighted by atomic mass is 35.5. The summed E-state index contributed by atoms with van der Waals surface area (Å²) in [4.78, 5) is 12.7. The first-order chi connectivity index (χ1) is 12.1. The Bertz CT molecular complexity index is 917. The van der Waals surface area contributed by atoms with E-state index in [1.165, 1.54) is 0 Å². The highest BCUT2D eigenvalue weighted by Crippen LogP contribution is 2.27. The quantitative estimate of drug-likeness (QED) is 0.573. The fourth-order valence-corrected chi connectivity index (χ4v) is 3.03. The maximum absolute atomic E-state index is 12.7. The molecular formula is C22H19ClNO. The monoisotopic (exact) mass is 348 g/mol. The van der Waals surface area contributed by atoms with Gasteiger partial charge in [-0.3, -0.25) is 4.79 Å². The molecule has 3 aromatic carbocycles. The van der Waals surface area contributed by atoms with E-state index in [0.717, 1.165) is 22.5 Å². The Balaban J connectivity index is 1.89. The van der Waals surface area contributed by atoms with Crippen molar-refractivity contribution in [2.45, 2.75) is 13.3 Å². The molecule has 2 nitrogen and oxygen atoms in total. The summed E-state index contributed by atoms with van der Waals surface area (Å²) in [5.41, 5.74) is 5.08. The van der Waals surface area contributed by atoms with Crippen molar-refractivity contribution < 1.29 is 4.79 Å². The van der Waals surface area contributed by atoms with Crippen LogP contribution in [0.15, 0.2) is 66.7 Å². The zero-order valence-corrected chi connectivity index (χ0v) is 14.8. The van der Waals surface area contributed by atoms with Crippen LogP contribution in [0.2, 0.25) is 5.02 Å². The molecule has 3 rings (SSSR count). The number of aryl methyl sites for hydroxylation is 1. The molecule has 25 heavy (non-hydrogen) atoms. The number of anilines is 2. The average Bonchev–Trinajstić information content (AvgIpc) is 2.62. The van der Waals surface area contributed by atoms with E-state index in [9.17, 15) is 4.79 Å². The Morgan fingerprint density at radius 2 is 1.72 bits per heavy atom. The van der Waals surface area contributed by atoms with Crippen molar-refractivity contribution >= 4 is 28.8 Å². The van der Waals surface area contributed by atoms with Crippen molar-refractivity contribution in [2.75, 3.05) is 5.32 Å². The summed E-state index contributed by atoms with van der Waals surface area (Å²) in [6.45, 7) is 5.87. The molecule has 0 aliphatic heterocycles. The molecule has 0 aromatic heterocycles. The molecule has 0 spiro atoms. The third-order valence-electron chi connectivity index (χ3n) is 4.17. The van der Waals surface area contributed by atoms with Crippen LogP contribution in [0.1, 0.15) is 27.0 Å². The number of hydrogen-bond donors (Lipinski definition) is 1. The van der Waals surface area contributed by atoms with E-state index in [-0.39, 0.29) is 5.78 Å². The fraction of sp³-hybridized carbons (Fsp3) is 0.0909. The molecule has 3 aromatic rings. The number of hydrogen-bond acceptors (Lipinski definition) is 2. The third kappa shape index (κ3) is 3.75. The molecule has 0 saturated heterocycles. The van der Waals surface area contributed by atoms with E-state index in [1.807, 2.05) is 61.5 Å². The molecule has 0 amide bonds. The van der Waals surface area contributed by atoms with E-state index in [1.54, 1.807) is 12.1 Å². The first-order valence-corrected chi connectivity index (χ1v) is 8.52. The van der Waals surface area contributed by atoms with Gasteiger partial charge in [-0.25, -0.2) is 0 Å². The molecule has 1 radical (unpaired) electrons. The second kappa shape index (κ2) is 7.54. The lowest BCUT2D eigenvalue weighted by atomic mass is 9.99. The molecule has 0 aliphatic carbocycles. The van der Waals surface area contributed by atoms with E-state index >= 15 is 0 Å². The predicted molar refractivity (Wildman–Crippen MR) is 105 cm³/mol. The summed E-state index contributed by atoms with van der Waals surface area (Å²) in [7, 11) is 0. The lowest BCUT2D eigenvalue weighted by Gasteiger charge is -2.13. The van der Waals surface area contributed by atoms with Gasteiger partial charge in [0.2, 0.25) is 0 Å². The number of carbonyl (C=O) groups excluding carboxylic acids is 1. The number of halogens is 1. The second-order valence-electron chi connectivity index (χ2n) is 5.87. The first kappa shape index (κ1) is 17.2. The van der Waals surface area contributed by atoms with Crippen LogP contribution in [-0.4, -0.2) is 5.78 Å². The highest BCUT2D eigenvalue weighted by Gasteiger charge is 2.15. The Morgan fingerprint density at radius 1 is 1.00 bits per heavy atom. The lowest BCUT2D eigenvalue weighted by molar-refractivity contribution is 0.103. The second-order valence-corrected chi connectivity index (χ2v) is 6.28. The zero-order valence-electron chi connectivity index (χ0n) is 14.1. The molecule has 0 saturated carbocycles. The summed E-state index contributed by atoms with van der Waals surface area (Å²) in [5.74, 6) is -0.0622. The number of rotatable bonds is 5. The molecule has 0 bridgehead atoms. The molecule has 1 N–H and O–H groups in total. The average molecular weight is 349 g/mol. The topological polar surface area (TPSA) is 29.1 Å². The van der Waals surface area contributed by atoms with Gasteiger partial charge >= 0.3 is 0 Å². The maximum Gasteiger partial charge on any atom is 0.194 e. The molecule has 0 aliphatic rings. The van der Waals surface area contributed by atoms with Crippen LogP contribution < -0.4 is 5.32 Å². The van der Waals surface area contributed by atoms with Crippen LogP contribution in [0.3, 0.4) is 0 Å². The summed E-state index contributed by atoms with van der Waals surface area (Å²) in [5, 5.41) is 3.78. The minimum atomic E-state index is -0.0622. The van der Waals surface area contributed by atoms with Gasteiger partial charge in [0.05, 0.1) is 5.02 Å². The zero-order chi connectivity index (χ0) is 17.8. The van der Waals surface area contributed by atoms with Gasteiger partial charge in [0.1, 0.15) is 0 Å². The normalized spacial score (nSPS) is 10.5. The summed E-state index contributed by atoms with van der Waals surface area (Å²) in [6, 6.07) is 20.9. The molecule has 0 unspecified atom stereocenters. The molecule has 125 valence electrons. The van der Waals surface area contributed by atoms with Gasteiger partial charge in [-0.1, -0.05) is 54.1 Å². The smallest absolute Gasteiger partial charge is 0.194 e. The van der Waals surface area contributed by atoms with Crippen LogP contribution in [0.4, 0.5) is 11.4 Å². The predicted octanol–water partition coefficient (Wildman–Crippen LogP) is 6.00. The van der Waals surface area contributed by atoms with Crippen molar-refractivity contribution in [2.24, 2.45) is 0 Å². The Labute approximate surface area is 153 Å². The third-order valence-corrected chi connectivity index (χ3v) is 4.48. The Morgan fingerprint density at radius 3 is 2.44 bits per heavy atom. The van der Waals surface area contributed by atoms with E-state index in [4.69, 9.17) is 11.6 Å². The van der Waals surface area contributed by atoms with Crippen molar-refractivity contribution in [3.8, 4) is 0 Å². The summed E-state index contributed by atoms with van der Waals surface area (Å²) in [6.07, 6.45) is 0.695. The molecule has 3 heteroatoms. The summed E-state index contributed by atoms with van der Waals surface area (Å²) < 4.78 is 0. The Hall–Kier alpha value is -2.58. The summed E-state index contributed by atoms with van der Waals surface area (Å²) >= 11 is 6.39. The van der Waals surface area contributed by atoms with E-state index in [0.29, 0.717) is 22.6 Å². The molecule has 0 atom stereocenters. The molecular weight excluding hydrogens is 330 g/mol. The van der Waals surface area contributed by atoms with Gasteiger partial charge in [0.25, 0.3) is 0 Å². The van der Waals surface area contributed by atoms with Gasteiger partial charge in [-0.2, -0.15) is 0 Å². The number of benzene rings is 3. The first-order valence-electron chi connectivity index (χ1n) is 8.14. The minimum Gasteiger partial charge on any atom is -0.355 e. The van der Waals surface area contributed by atoms with Crippen LogP contribution >= 0.6 is 11.6 Å². The van der Waals surface area contributed by atoms with E-state index < -0.39 is 0 Å². The van der Waals surface area contributed by atoms with Gasteiger partial charge < -0.3 is 5.32 Å². The SMILES string of the molecule is [CH2]Cc1ccccc1Nc1ccc(C(=O)c2ccccc2C)c(Cl)c1. The van der Waals surface area contributed by atoms with Crippen LogP contribution in [0, 0.1) is 13.8 Å². The largest absolute Gasteiger partial charge is 0.355 e. The number of ketones is 1. The van der Waals surface area contributed by atoms with Gasteiger partial charge in [-0.15, -0.1) is 0 Å². The maximum atomic E-state index is 12.7. The fourth-order valence-electron chi connectivity index (χ4n) is 2.77. The highest BCUT2D eigenvalue weighted by molar-refractivity contribution is 6.35. The van der Waals surface area contributed by atoms with Crippen LogP contribution in [-0.2, 0) is 6.42 Å². The molecule has 0 fully saturated rings. The number of para-hydroxylation sites is 1. The van der Waals surface area contributed by atoms with Crippen LogP contribution in [0.25, 0.3) is 0 Å². The van der Waals surface area contributed by atoms with E-state index in [2.05, 4.69) is 12.2 Å². The lowest BCUT2D eigenvalue weighted by Crippen LogP contribution is -2.05. The minimum absolute atomic E-state index is 0.0622. The molecule has 0 heterocycles. The van der Waals surface area contributed by atoms with Crippen LogP contribution in [0.5, 0.6) is 0 Å². The number of nitrogens with one attached hydrogen (secondary N) is 1. The Kier molecular flexibility index (Phi) is 5.20. The van der Waals surface area contributed by atoms with Crippen molar-refractivity contribution in [3.63, 3.8) is 0 Å². The van der Waals surface area contributed by atoms with Gasteiger partial charge in [0, 0.05) is 22.5 Å². The van der Waals surface area contributed by atoms with Gasteiger partial charge in [-0.05, 0) is 55.7 Å². The van der Waals surface area contributed by atoms with Crippen molar-refractivity contribution in [1.82, 2.24) is 0 Å². The van der Waals surface area contributed by atoms with Crippen molar-refractivity contribution in [3.05, 3.63) is 101 Å². The number of carbonyl (C=O) groups is 1. The van der Waals surface area contributed by atoms with Crippen molar-refractivity contribution in [1.29, 1.82) is 0 Å².